The maximum Gasteiger partial charge on any atom is 0.389 e. The van der Waals surface area contributed by atoms with Gasteiger partial charge in [0, 0.05) is 6.42 Å². The maximum atomic E-state index is 11.6. The van der Waals surface area contributed by atoms with E-state index >= 15 is 0 Å². The van der Waals surface area contributed by atoms with Gasteiger partial charge >= 0.3 is 12.1 Å². The highest BCUT2D eigenvalue weighted by molar-refractivity contribution is 5.73. The number of hydrogen-bond acceptors (Lipinski definition) is 1. The molecule has 0 heterocycles. The van der Waals surface area contributed by atoms with Crippen LogP contribution in [0.5, 0.6) is 0 Å². The Hall–Kier alpha value is -0.740. The van der Waals surface area contributed by atoms with Crippen molar-refractivity contribution in [1.29, 1.82) is 0 Å². The minimum Gasteiger partial charge on any atom is -0.481 e. The van der Waals surface area contributed by atoms with Gasteiger partial charge in [-0.2, -0.15) is 13.2 Å². The lowest BCUT2D eigenvalue weighted by Gasteiger charge is -2.02. The minimum atomic E-state index is -4.21. The molecular formula is C6H7F3O2. The standard InChI is InChI=1S/C6H7F3O2/c7-6(8,9)2-3-1-4(3)5(10)11/h3-4H,1-2H2,(H,10,11). The number of aliphatic carboxylic acids is 1. The zero-order valence-corrected chi connectivity index (χ0v) is 5.56. The molecule has 0 saturated heterocycles. The highest BCUT2D eigenvalue weighted by Gasteiger charge is 2.48. The summed E-state index contributed by atoms with van der Waals surface area (Å²) in [6.07, 6.45) is -4.99. The molecule has 5 heteroatoms. The van der Waals surface area contributed by atoms with E-state index in [2.05, 4.69) is 0 Å². The van der Waals surface area contributed by atoms with E-state index in [4.69, 9.17) is 5.11 Å². The van der Waals surface area contributed by atoms with Gasteiger partial charge in [0.2, 0.25) is 0 Å². The van der Waals surface area contributed by atoms with Crippen LogP contribution in [0, 0.1) is 11.8 Å². The highest BCUT2D eigenvalue weighted by atomic mass is 19.4. The van der Waals surface area contributed by atoms with E-state index in [1.807, 2.05) is 0 Å². The van der Waals surface area contributed by atoms with Gasteiger partial charge in [0.25, 0.3) is 0 Å². The van der Waals surface area contributed by atoms with Crippen LogP contribution in [0.1, 0.15) is 12.8 Å². The first-order chi connectivity index (χ1) is 4.90. The first kappa shape index (κ1) is 8.36. The predicted octanol–water partition coefficient (Wildman–Crippen LogP) is 1.66. The van der Waals surface area contributed by atoms with E-state index in [1.54, 1.807) is 0 Å². The molecular weight excluding hydrogens is 161 g/mol. The molecule has 1 fully saturated rings. The van der Waals surface area contributed by atoms with Gasteiger partial charge in [0.05, 0.1) is 5.92 Å². The number of alkyl halides is 3. The van der Waals surface area contributed by atoms with Crippen LogP contribution in [0.15, 0.2) is 0 Å². The predicted molar refractivity (Wildman–Crippen MR) is 29.9 cm³/mol. The summed E-state index contributed by atoms with van der Waals surface area (Å²) in [6, 6.07) is 0. The van der Waals surface area contributed by atoms with Crippen molar-refractivity contribution >= 4 is 5.97 Å². The first-order valence-electron chi connectivity index (χ1n) is 3.19. The Kier molecular flexibility index (Phi) is 1.82. The molecule has 0 bridgehead atoms. The highest BCUT2D eigenvalue weighted by Crippen LogP contribution is 2.45. The van der Waals surface area contributed by atoms with Crippen LogP contribution in [0.4, 0.5) is 13.2 Å². The van der Waals surface area contributed by atoms with Crippen LogP contribution in [0.25, 0.3) is 0 Å². The molecule has 0 aromatic rings. The zero-order valence-electron chi connectivity index (χ0n) is 5.56. The smallest absolute Gasteiger partial charge is 0.389 e. The molecule has 1 aliphatic rings. The van der Waals surface area contributed by atoms with Crippen LogP contribution in [-0.4, -0.2) is 17.3 Å². The number of halogens is 3. The van der Waals surface area contributed by atoms with Gasteiger partial charge in [-0.1, -0.05) is 0 Å². The van der Waals surface area contributed by atoms with E-state index in [1.165, 1.54) is 0 Å². The van der Waals surface area contributed by atoms with Crippen LogP contribution < -0.4 is 0 Å². The third-order valence-electron chi connectivity index (χ3n) is 1.73. The molecule has 0 aromatic heterocycles. The molecule has 0 amide bonds. The van der Waals surface area contributed by atoms with Crippen molar-refractivity contribution in [3.8, 4) is 0 Å². The summed E-state index contributed by atoms with van der Waals surface area (Å²) in [5.74, 6) is -2.54. The molecule has 2 nitrogen and oxygen atoms in total. The molecule has 11 heavy (non-hydrogen) atoms. The fourth-order valence-electron chi connectivity index (χ4n) is 1.07. The van der Waals surface area contributed by atoms with E-state index < -0.39 is 30.4 Å². The Morgan fingerprint density at radius 1 is 1.55 bits per heavy atom. The Bertz CT molecular complexity index is 175. The average Bonchev–Trinajstić information content (AvgIpc) is 2.40. The Morgan fingerprint density at radius 2 is 2.09 bits per heavy atom. The molecule has 0 aliphatic heterocycles. The molecule has 1 aliphatic carbocycles. The number of hydrogen-bond donors (Lipinski definition) is 1. The summed E-state index contributed by atoms with van der Waals surface area (Å²) in [5.41, 5.74) is 0. The second-order valence-corrected chi connectivity index (χ2v) is 2.76. The monoisotopic (exact) mass is 168 g/mol. The van der Waals surface area contributed by atoms with E-state index in [0.717, 1.165) is 0 Å². The van der Waals surface area contributed by atoms with E-state index in [-0.39, 0.29) is 6.42 Å². The van der Waals surface area contributed by atoms with Gasteiger partial charge < -0.3 is 5.11 Å². The van der Waals surface area contributed by atoms with Gasteiger partial charge in [-0.3, -0.25) is 4.79 Å². The largest absolute Gasteiger partial charge is 0.481 e. The minimum absolute atomic E-state index is 0.175. The van der Waals surface area contributed by atoms with Crippen molar-refractivity contribution < 1.29 is 23.1 Å². The summed E-state index contributed by atoms with van der Waals surface area (Å²) in [5, 5.41) is 8.25. The van der Waals surface area contributed by atoms with Crippen LogP contribution in [0.3, 0.4) is 0 Å². The van der Waals surface area contributed by atoms with Crippen molar-refractivity contribution in [2.45, 2.75) is 19.0 Å². The summed E-state index contributed by atoms with van der Waals surface area (Å²) >= 11 is 0. The molecule has 2 atom stereocenters. The molecule has 1 N–H and O–H groups in total. The summed E-state index contributed by atoms with van der Waals surface area (Å²) < 4.78 is 34.8. The summed E-state index contributed by atoms with van der Waals surface area (Å²) in [4.78, 5) is 10.1. The third kappa shape index (κ3) is 2.40. The fourth-order valence-corrected chi connectivity index (χ4v) is 1.07. The van der Waals surface area contributed by atoms with E-state index in [0.29, 0.717) is 0 Å². The lowest BCUT2D eigenvalue weighted by molar-refractivity contribution is -0.144. The SMILES string of the molecule is O=C(O)C1CC1CC(F)(F)F. The lowest BCUT2D eigenvalue weighted by atomic mass is 10.2. The van der Waals surface area contributed by atoms with Gasteiger partial charge in [0.1, 0.15) is 0 Å². The fraction of sp³-hybridized carbons (Fsp3) is 0.833. The topological polar surface area (TPSA) is 37.3 Å². The number of rotatable bonds is 2. The van der Waals surface area contributed by atoms with Gasteiger partial charge in [0.15, 0.2) is 0 Å². The van der Waals surface area contributed by atoms with Crippen LogP contribution >= 0.6 is 0 Å². The molecule has 0 aromatic carbocycles. The average molecular weight is 168 g/mol. The van der Waals surface area contributed by atoms with Crippen LogP contribution in [-0.2, 0) is 4.79 Å². The van der Waals surface area contributed by atoms with Gasteiger partial charge in [-0.05, 0) is 12.3 Å². The lowest BCUT2D eigenvalue weighted by Crippen LogP contribution is -2.10. The molecule has 0 radical (unpaired) electrons. The zero-order chi connectivity index (χ0) is 8.65. The van der Waals surface area contributed by atoms with Crippen molar-refractivity contribution in [2.75, 3.05) is 0 Å². The normalized spacial score (nSPS) is 30.1. The van der Waals surface area contributed by atoms with E-state index in [9.17, 15) is 18.0 Å². The Balaban J connectivity index is 2.29. The second kappa shape index (κ2) is 2.39. The number of carboxylic acid groups (broad SMARTS) is 1. The molecule has 0 spiro atoms. The first-order valence-corrected chi connectivity index (χ1v) is 3.19. The third-order valence-corrected chi connectivity index (χ3v) is 1.73. The number of carboxylic acids is 1. The molecule has 1 rings (SSSR count). The Morgan fingerprint density at radius 3 is 2.36 bits per heavy atom. The van der Waals surface area contributed by atoms with Crippen molar-refractivity contribution in [3.63, 3.8) is 0 Å². The molecule has 2 unspecified atom stereocenters. The van der Waals surface area contributed by atoms with Crippen LogP contribution in [0.2, 0.25) is 0 Å². The summed E-state index contributed by atoms with van der Waals surface area (Å²) in [6.45, 7) is 0. The maximum absolute atomic E-state index is 11.6. The van der Waals surface area contributed by atoms with Crippen molar-refractivity contribution in [3.05, 3.63) is 0 Å². The molecule has 1 saturated carbocycles. The molecule has 64 valence electrons. The van der Waals surface area contributed by atoms with Gasteiger partial charge in [-0.15, -0.1) is 0 Å². The van der Waals surface area contributed by atoms with Crippen molar-refractivity contribution in [2.24, 2.45) is 11.8 Å². The summed E-state index contributed by atoms with van der Waals surface area (Å²) in [7, 11) is 0. The quantitative estimate of drug-likeness (QED) is 0.680. The van der Waals surface area contributed by atoms with Crippen molar-refractivity contribution in [1.82, 2.24) is 0 Å². The second-order valence-electron chi connectivity index (χ2n) is 2.76. The number of carbonyl (C=O) groups is 1. The van der Waals surface area contributed by atoms with Gasteiger partial charge in [-0.25, -0.2) is 0 Å². The Labute approximate surface area is 61.0 Å².